The predicted octanol–water partition coefficient (Wildman–Crippen LogP) is 2.51. The van der Waals surface area contributed by atoms with Crippen molar-refractivity contribution in [1.29, 1.82) is 5.26 Å². The number of pyridine rings is 1. The van der Waals surface area contributed by atoms with Gasteiger partial charge in [0.05, 0.1) is 18.3 Å². The van der Waals surface area contributed by atoms with Crippen LogP contribution >= 0.6 is 23.2 Å². The van der Waals surface area contributed by atoms with Crippen molar-refractivity contribution in [2.45, 2.75) is 38.5 Å². The van der Waals surface area contributed by atoms with Gasteiger partial charge in [0.2, 0.25) is 0 Å². The summed E-state index contributed by atoms with van der Waals surface area (Å²) in [7, 11) is 0. The first kappa shape index (κ1) is 18.9. The predicted molar refractivity (Wildman–Crippen MR) is 92.2 cm³/mol. The van der Waals surface area contributed by atoms with Crippen molar-refractivity contribution in [2.24, 2.45) is 0 Å². The van der Waals surface area contributed by atoms with Crippen LogP contribution in [0.4, 0.5) is 0 Å². The fourth-order valence-electron chi connectivity index (χ4n) is 2.88. The van der Waals surface area contributed by atoms with Crippen molar-refractivity contribution in [1.82, 2.24) is 15.2 Å². The normalized spacial score (nSPS) is 24.0. The highest BCUT2D eigenvalue weighted by atomic mass is 35.5. The number of halogens is 2. The summed E-state index contributed by atoms with van der Waals surface area (Å²) < 4.78 is 5.69. The molecule has 3 unspecified atom stereocenters. The average Bonchev–Trinajstić information content (AvgIpc) is 2.44. The highest BCUT2D eigenvalue weighted by Gasteiger charge is 2.32. The molecule has 6 nitrogen and oxygen atoms in total. The van der Waals surface area contributed by atoms with Gasteiger partial charge in [-0.3, -0.25) is 9.69 Å². The molecule has 0 radical (unpaired) electrons. The van der Waals surface area contributed by atoms with Crippen LogP contribution in [-0.2, 0) is 4.74 Å². The summed E-state index contributed by atoms with van der Waals surface area (Å²) in [4.78, 5) is 18.4. The zero-order valence-corrected chi connectivity index (χ0v) is 15.4. The van der Waals surface area contributed by atoms with Gasteiger partial charge in [0.25, 0.3) is 5.91 Å². The number of morpholine rings is 1. The lowest BCUT2D eigenvalue weighted by Gasteiger charge is -2.38. The summed E-state index contributed by atoms with van der Waals surface area (Å²) in [6, 6.07) is 5.02. The Hall–Kier alpha value is -1.39. The molecule has 0 aliphatic carbocycles. The lowest BCUT2D eigenvalue weighted by molar-refractivity contribution is -0.0712. The van der Waals surface area contributed by atoms with E-state index < -0.39 is 11.4 Å². The smallest absolute Gasteiger partial charge is 0.252 e. The highest BCUT2D eigenvalue weighted by Crippen LogP contribution is 2.17. The van der Waals surface area contributed by atoms with E-state index in [9.17, 15) is 10.1 Å². The summed E-state index contributed by atoms with van der Waals surface area (Å²) in [5.41, 5.74) is -0.777. The van der Waals surface area contributed by atoms with E-state index in [1.54, 1.807) is 6.92 Å². The van der Waals surface area contributed by atoms with E-state index >= 15 is 0 Å². The molecule has 2 rings (SSSR count). The second kappa shape index (κ2) is 7.66. The van der Waals surface area contributed by atoms with E-state index in [-0.39, 0.29) is 28.1 Å². The van der Waals surface area contributed by atoms with Crippen molar-refractivity contribution >= 4 is 29.1 Å². The van der Waals surface area contributed by atoms with E-state index in [4.69, 9.17) is 27.9 Å². The highest BCUT2D eigenvalue weighted by molar-refractivity contribution is 6.33. The van der Waals surface area contributed by atoms with E-state index in [2.05, 4.69) is 21.3 Å². The molecule has 130 valence electrons. The molecule has 1 aromatic heterocycles. The number of nitrogens with zero attached hydrogens (tertiary/aromatic N) is 3. The van der Waals surface area contributed by atoms with Gasteiger partial charge in [-0.1, -0.05) is 23.2 Å². The van der Waals surface area contributed by atoms with Gasteiger partial charge < -0.3 is 10.1 Å². The Balaban J connectivity index is 2.09. The van der Waals surface area contributed by atoms with Gasteiger partial charge in [-0.2, -0.15) is 5.26 Å². The van der Waals surface area contributed by atoms with E-state index in [0.29, 0.717) is 19.6 Å². The molecule has 8 heteroatoms. The number of aromatic nitrogens is 1. The van der Waals surface area contributed by atoms with E-state index in [1.807, 2.05) is 13.8 Å². The van der Waals surface area contributed by atoms with Gasteiger partial charge in [-0.15, -0.1) is 0 Å². The summed E-state index contributed by atoms with van der Waals surface area (Å²) >= 11 is 11.6. The Morgan fingerprint density at radius 2 is 1.96 bits per heavy atom. The van der Waals surface area contributed by atoms with Crippen molar-refractivity contribution in [3.63, 3.8) is 0 Å². The van der Waals surface area contributed by atoms with Crippen LogP contribution in [0.1, 0.15) is 31.1 Å². The molecule has 0 aromatic carbocycles. The molecular formula is C16H20Cl2N4O2. The molecule has 0 saturated carbocycles. The number of carbonyl (C=O) groups excluding carboxylic acids is 1. The first-order chi connectivity index (χ1) is 11.2. The maximum atomic E-state index is 12.4. The van der Waals surface area contributed by atoms with Gasteiger partial charge in [-0.05, 0) is 32.9 Å². The van der Waals surface area contributed by atoms with E-state index in [0.717, 1.165) is 0 Å². The molecule has 1 N–H and O–H groups in total. The summed E-state index contributed by atoms with van der Waals surface area (Å²) in [5, 5.41) is 12.6. The van der Waals surface area contributed by atoms with Crippen LogP contribution in [0.5, 0.6) is 0 Å². The van der Waals surface area contributed by atoms with Gasteiger partial charge in [-0.25, -0.2) is 4.98 Å². The zero-order chi connectivity index (χ0) is 17.9. The minimum absolute atomic E-state index is 0.0882. The standard InChI is InChI=1S/C16H20Cl2N4O2/c1-10-6-22(7-11(2)24-10)9-16(3,8-19)21-15(23)12-4-13(17)20-14(18)5-12/h4-5,10-11H,6-7,9H2,1-3H3,(H,21,23). The van der Waals surface area contributed by atoms with Gasteiger partial charge >= 0.3 is 0 Å². The minimum Gasteiger partial charge on any atom is -0.373 e. The SMILES string of the molecule is CC1CN(CC(C)(C#N)NC(=O)c2cc(Cl)nc(Cl)c2)CC(C)O1. The average molecular weight is 371 g/mol. The van der Waals surface area contributed by atoms with Crippen molar-refractivity contribution in [3.8, 4) is 6.07 Å². The molecule has 1 aliphatic rings. The third kappa shape index (κ3) is 5.05. The van der Waals surface area contributed by atoms with Crippen LogP contribution in [0.15, 0.2) is 12.1 Å². The van der Waals surface area contributed by atoms with E-state index in [1.165, 1.54) is 12.1 Å². The minimum atomic E-state index is -1.05. The fraction of sp³-hybridized carbons (Fsp3) is 0.562. The molecule has 2 heterocycles. The number of ether oxygens (including phenoxy) is 1. The molecule has 3 atom stereocenters. The Bertz CT molecular complexity index is 634. The molecule has 1 saturated heterocycles. The molecule has 1 fully saturated rings. The second-order valence-corrected chi connectivity index (χ2v) is 7.13. The number of amides is 1. The lowest BCUT2D eigenvalue weighted by Crippen LogP contribution is -2.56. The molecule has 1 aliphatic heterocycles. The molecule has 1 amide bonds. The van der Waals surface area contributed by atoms with Gasteiger partial charge in [0.15, 0.2) is 0 Å². The Morgan fingerprint density at radius 3 is 2.46 bits per heavy atom. The fourth-order valence-corrected chi connectivity index (χ4v) is 3.34. The zero-order valence-electron chi connectivity index (χ0n) is 13.8. The maximum Gasteiger partial charge on any atom is 0.252 e. The van der Waals surface area contributed by atoms with Crippen molar-refractivity contribution < 1.29 is 9.53 Å². The molecule has 24 heavy (non-hydrogen) atoms. The van der Waals surface area contributed by atoms with Crippen LogP contribution in [0.2, 0.25) is 10.3 Å². The van der Waals surface area contributed by atoms with Crippen LogP contribution in [0.25, 0.3) is 0 Å². The van der Waals surface area contributed by atoms with Gasteiger partial charge in [0, 0.05) is 25.2 Å². The first-order valence-corrected chi connectivity index (χ1v) is 8.41. The molecule has 1 aromatic rings. The Kier molecular flexibility index (Phi) is 6.05. The molecule has 0 spiro atoms. The number of nitriles is 1. The topological polar surface area (TPSA) is 78.3 Å². The summed E-state index contributed by atoms with van der Waals surface area (Å²) in [6.07, 6.45) is 0.176. The number of nitrogens with one attached hydrogen (secondary N) is 1. The molecule has 0 bridgehead atoms. The van der Waals surface area contributed by atoms with Crippen molar-refractivity contribution in [2.75, 3.05) is 19.6 Å². The number of carbonyl (C=O) groups is 1. The van der Waals surface area contributed by atoms with Crippen LogP contribution in [-0.4, -0.2) is 53.2 Å². The number of rotatable bonds is 4. The largest absolute Gasteiger partial charge is 0.373 e. The Morgan fingerprint density at radius 1 is 1.42 bits per heavy atom. The first-order valence-electron chi connectivity index (χ1n) is 7.65. The second-order valence-electron chi connectivity index (χ2n) is 6.35. The van der Waals surface area contributed by atoms with Crippen LogP contribution in [0.3, 0.4) is 0 Å². The monoisotopic (exact) mass is 370 g/mol. The Labute approximate surface area is 151 Å². The van der Waals surface area contributed by atoms with Crippen molar-refractivity contribution in [3.05, 3.63) is 28.0 Å². The number of hydrogen-bond acceptors (Lipinski definition) is 5. The maximum absolute atomic E-state index is 12.4. The van der Waals surface area contributed by atoms with Gasteiger partial charge in [0.1, 0.15) is 15.8 Å². The quantitative estimate of drug-likeness (QED) is 0.823. The summed E-state index contributed by atoms with van der Waals surface area (Å²) in [6.45, 7) is 7.51. The lowest BCUT2D eigenvalue weighted by atomic mass is 10.0. The van der Waals surface area contributed by atoms with Crippen LogP contribution < -0.4 is 5.32 Å². The number of hydrogen-bond donors (Lipinski definition) is 1. The third-order valence-electron chi connectivity index (χ3n) is 3.70. The molecular weight excluding hydrogens is 351 g/mol. The third-order valence-corrected chi connectivity index (χ3v) is 4.08. The van der Waals surface area contributed by atoms with Crippen LogP contribution in [0, 0.1) is 11.3 Å². The summed E-state index contributed by atoms with van der Waals surface area (Å²) in [5.74, 6) is -0.417.